The fraction of sp³-hybridized carbons (Fsp3) is 0.471. The summed E-state index contributed by atoms with van der Waals surface area (Å²) in [4.78, 5) is 37.0. The van der Waals surface area contributed by atoms with Crippen LogP contribution >= 0.6 is 0 Å². The van der Waals surface area contributed by atoms with E-state index < -0.39 is 30.7 Å². The number of urea groups is 1. The van der Waals surface area contributed by atoms with Crippen molar-refractivity contribution in [1.29, 1.82) is 0 Å². The topological polar surface area (TPSA) is 99.8 Å². The Morgan fingerprint density at radius 1 is 1.25 bits per heavy atom. The van der Waals surface area contributed by atoms with Gasteiger partial charge in [-0.25, -0.2) is 4.79 Å². The van der Waals surface area contributed by atoms with Crippen LogP contribution in [0.2, 0.25) is 0 Å². The first-order chi connectivity index (χ1) is 13.1. The van der Waals surface area contributed by atoms with Gasteiger partial charge in [-0.3, -0.25) is 9.59 Å². The maximum atomic E-state index is 12.6. The summed E-state index contributed by atoms with van der Waals surface area (Å²) in [6.07, 6.45) is -3.78. The number of carbonyl (C=O) groups excluding carboxylic acids is 3. The molecule has 1 atom stereocenters. The minimum atomic E-state index is -4.53. The molecular formula is C17H21F3N4O4. The van der Waals surface area contributed by atoms with Gasteiger partial charge in [-0.15, -0.1) is 0 Å². The molecule has 4 amide bonds. The number of alkyl halides is 3. The molecule has 154 valence electrons. The monoisotopic (exact) mass is 402 g/mol. The smallest absolute Gasteiger partial charge is 0.405 e. The molecule has 0 aliphatic carbocycles. The second-order valence-corrected chi connectivity index (χ2v) is 6.21. The van der Waals surface area contributed by atoms with E-state index in [1.807, 2.05) is 5.32 Å². The highest BCUT2D eigenvalue weighted by atomic mass is 19.4. The molecule has 1 saturated heterocycles. The van der Waals surface area contributed by atoms with Crippen LogP contribution in [0.5, 0.6) is 5.75 Å². The molecule has 1 fully saturated rings. The van der Waals surface area contributed by atoms with Crippen LogP contribution in [0.15, 0.2) is 18.2 Å². The molecule has 1 unspecified atom stereocenters. The summed E-state index contributed by atoms with van der Waals surface area (Å²) in [5.41, 5.74) is 0.671. The number of likely N-dealkylation sites (tertiary alicyclic amines) is 1. The zero-order chi connectivity index (χ0) is 20.9. The quantitative estimate of drug-likeness (QED) is 0.704. The lowest BCUT2D eigenvalue weighted by Gasteiger charge is -2.25. The Morgan fingerprint density at radius 2 is 1.96 bits per heavy atom. The first-order valence-corrected chi connectivity index (χ1v) is 8.48. The molecule has 11 heteroatoms. The van der Waals surface area contributed by atoms with Crippen LogP contribution in [0.25, 0.3) is 0 Å². The number of amides is 4. The molecule has 1 heterocycles. The number of halogens is 3. The van der Waals surface area contributed by atoms with Gasteiger partial charge in [0.25, 0.3) is 0 Å². The van der Waals surface area contributed by atoms with Gasteiger partial charge in [-0.2, -0.15) is 13.2 Å². The first kappa shape index (κ1) is 21.3. The highest BCUT2D eigenvalue weighted by Crippen LogP contribution is 2.29. The van der Waals surface area contributed by atoms with E-state index in [1.165, 1.54) is 25.0 Å². The fourth-order valence-corrected chi connectivity index (χ4v) is 2.86. The van der Waals surface area contributed by atoms with Crippen LogP contribution in [-0.4, -0.2) is 55.2 Å². The predicted molar refractivity (Wildman–Crippen MR) is 95.1 cm³/mol. The molecule has 0 aromatic heterocycles. The molecule has 1 aromatic carbocycles. The largest absolute Gasteiger partial charge is 0.495 e. The molecule has 3 N–H and O–H groups in total. The molecule has 2 rings (SSSR count). The average molecular weight is 402 g/mol. The van der Waals surface area contributed by atoms with Crippen molar-refractivity contribution in [1.82, 2.24) is 10.2 Å². The van der Waals surface area contributed by atoms with Crippen LogP contribution in [0.1, 0.15) is 19.8 Å². The molecule has 28 heavy (non-hydrogen) atoms. The van der Waals surface area contributed by atoms with Crippen molar-refractivity contribution in [3.05, 3.63) is 18.2 Å². The van der Waals surface area contributed by atoms with Gasteiger partial charge in [0.05, 0.1) is 12.8 Å². The Hall–Kier alpha value is -2.98. The van der Waals surface area contributed by atoms with Gasteiger partial charge in [0.15, 0.2) is 0 Å². The van der Waals surface area contributed by atoms with E-state index in [1.54, 1.807) is 12.1 Å². The lowest BCUT2D eigenvalue weighted by molar-refractivity contribution is -0.140. The van der Waals surface area contributed by atoms with Crippen LogP contribution < -0.4 is 20.7 Å². The normalized spacial score (nSPS) is 16.5. The number of carbonyl (C=O) groups is 3. The number of rotatable bonds is 5. The van der Waals surface area contributed by atoms with E-state index >= 15 is 0 Å². The SMILES string of the molecule is COc1ccc(NC(C)=O)cc1NC(=O)N1CCCC1C(=O)NCC(F)(F)F. The number of hydrogen-bond donors (Lipinski definition) is 3. The Bertz CT molecular complexity index is 754. The standard InChI is InChI=1S/C17H21F3N4O4/c1-10(25)22-11-5-6-14(28-2)12(8-11)23-16(27)24-7-3-4-13(24)15(26)21-9-17(18,19)20/h5-6,8,13H,3-4,7,9H2,1-2H3,(H,21,26)(H,22,25)(H,23,27). The third-order valence-electron chi connectivity index (χ3n) is 4.04. The van der Waals surface area contributed by atoms with Crippen molar-refractivity contribution in [2.24, 2.45) is 0 Å². The summed E-state index contributed by atoms with van der Waals surface area (Å²) in [7, 11) is 1.40. The Balaban J connectivity index is 2.10. The van der Waals surface area contributed by atoms with E-state index in [4.69, 9.17) is 4.74 Å². The average Bonchev–Trinajstić information content (AvgIpc) is 3.08. The maximum absolute atomic E-state index is 12.6. The van der Waals surface area contributed by atoms with E-state index in [-0.39, 0.29) is 24.6 Å². The van der Waals surface area contributed by atoms with Gasteiger partial charge >= 0.3 is 12.2 Å². The summed E-state index contributed by atoms with van der Waals surface area (Å²) in [5, 5.41) is 6.96. The van der Waals surface area contributed by atoms with Crippen molar-refractivity contribution in [2.75, 3.05) is 30.8 Å². The second kappa shape index (κ2) is 8.81. The van der Waals surface area contributed by atoms with Crippen molar-refractivity contribution < 1.29 is 32.3 Å². The zero-order valence-electron chi connectivity index (χ0n) is 15.4. The molecule has 0 radical (unpaired) electrons. The molecule has 0 saturated carbocycles. The molecule has 1 aromatic rings. The van der Waals surface area contributed by atoms with E-state index in [0.29, 0.717) is 17.9 Å². The number of hydrogen-bond acceptors (Lipinski definition) is 4. The van der Waals surface area contributed by atoms with Crippen LogP contribution in [0.3, 0.4) is 0 Å². The molecule has 0 bridgehead atoms. The Morgan fingerprint density at radius 3 is 2.57 bits per heavy atom. The van der Waals surface area contributed by atoms with Crippen LogP contribution in [-0.2, 0) is 9.59 Å². The lowest BCUT2D eigenvalue weighted by atomic mass is 10.2. The Labute approximate surface area is 159 Å². The highest BCUT2D eigenvalue weighted by molar-refractivity contribution is 5.96. The minimum Gasteiger partial charge on any atom is -0.495 e. The molecule has 1 aliphatic rings. The van der Waals surface area contributed by atoms with Gasteiger partial charge in [0.2, 0.25) is 11.8 Å². The van der Waals surface area contributed by atoms with Gasteiger partial charge in [-0.05, 0) is 31.0 Å². The van der Waals surface area contributed by atoms with E-state index in [9.17, 15) is 27.6 Å². The predicted octanol–water partition coefficient (Wildman–Crippen LogP) is 2.33. The van der Waals surface area contributed by atoms with Crippen LogP contribution in [0.4, 0.5) is 29.3 Å². The van der Waals surface area contributed by atoms with Gasteiger partial charge in [0.1, 0.15) is 18.3 Å². The van der Waals surface area contributed by atoms with Crippen molar-refractivity contribution >= 4 is 29.2 Å². The van der Waals surface area contributed by atoms with Crippen molar-refractivity contribution in [3.8, 4) is 5.75 Å². The summed E-state index contributed by atoms with van der Waals surface area (Å²) < 4.78 is 42.1. The molecule has 8 nitrogen and oxygen atoms in total. The summed E-state index contributed by atoms with van der Waals surface area (Å²) >= 11 is 0. The zero-order valence-corrected chi connectivity index (χ0v) is 15.4. The summed E-state index contributed by atoms with van der Waals surface area (Å²) in [6.45, 7) is 0.102. The first-order valence-electron chi connectivity index (χ1n) is 8.48. The molecule has 1 aliphatic heterocycles. The maximum Gasteiger partial charge on any atom is 0.405 e. The van der Waals surface area contributed by atoms with Gasteiger partial charge in [-0.1, -0.05) is 0 Å². The minimum absolute atomic E-state index is 0.226. The number of nitrogens with one attached hydrogen (secondary N) is 3. The number of methoxy groups -OCH3 is 1. The number of nitrogens with zero attached hydrogens (tertiary/aromatic N) is 1. The third-order valence-corrected chi connectivity index (χ3v) is 4.04. The summed E-state index contributed by atoms with van der Waals surface area (Å²) in [5.74, 6) is -0.841. The number of ether oxygens (including phenoxy) is 1. The van der Waals surface area contributed by atoms with Gasteiger partial charge < -0.3 is 25.6 Å². The molecule has 0 spiro atoms. The number of benzene rings is 1. The van der Waals surface area contributed by atoms with Crippen molar-refractivity contribution in [2.45, 2.75) is 32.0 Å². The summed E-state index contributed by atoms with van der Waals surface area (Å²) in [6, 6.07) is 2.96. The molecular weight excluding hydrogens is 381 g/mol. The second-order valence-electron chi connectivity index (χ2n) is 6.21. The Kier molecular flexibility index (Phi) is 6.71. The fourth-order valence-electron chi connectivity index (χ4n) is 2.86. The highest BCUT2D eigenvalue weighted by Gasteiger charge is 2.36. The van der Waals surface area contributed by atoms with E-state index in [2.05, 4.69) is 10.6 Å². The van der Waals surface area contributed by atoms with Crippen LogP contribution in [0, 0.1) is 0 Å². The third kappa shape index (κ3) is 5.76. The van der Waals surface area contributed by atoms with Gasteiger partial charge in [0, 0.05) is 19.2 Å². The van der Waals surface area contributed by atoms with E-state index in [0.717, 1.165) is 0 Å². The lowest BCUT2D eigenvalue weighted by Crippen LogP contribution is -2.49. The van der Waals surface area contributed by atoms with Crippen molar-refractivity contribution in [3.63, 3.8) is 0 Å². The number of anilines is 2.